The second kappa shape index (κ2) is 12.2. The molecule has 0 unspecified atom stereocenters. The van der Waals surface area contributed by atoms with E-state index in [0.717, 1.165) is 38.0 Å². The number of nitrogens with zero attached hydrogens (tertiary/aromatic N) is 2. The number of benzene rings is 2. The summed E-state index contributed by atoms with van der Waals surface area (Å²) in [5, 5.41) is 3.35. The molecule has 2 aromatic carbocycles. The van der Waals surface area contributed by atoms with Gasteiger partial charge in [0.05, 0.1) is 12.1 Å². The molecule has 7 heteroatoms. The van der Waals surface area contributed by atoms with Crippen LogP contribution in [-0.2, 0) is 27.4 Å². The van der Waals surface area contributed by atoms with Crippen LogP contribution in [0.1, 0.15) is 30.9 Å². The maximum atomic E-state index is 13.0. The maximum absolute atomic E-state index is 13.0. The standard InChI is InChI=1S/C26H35N3O3S/c1-21(30)29(20-23-12-8-5-9-13-23)26(25(33)27-18-24(31-2)32-3)14-16-28(17-15-26)19-22-10-6-4-7-11-22/h4-13,24H,14-20H2,1-3H3,(H,27,33). The molecule has 3 rings (SSSR count). The molecule has 1 N–H and O–H groups in total. The summed E-state index contributed by atoms with van der Waals surface area (Å²) in [4.78, 5) is 18.0. The molecule has 0 saturated carbocycles. The Labute approximate surface area is 202 Å². The van der Waals surface area contributed by atoms with Crippen LogP contribution >= 0.6 is 12.2 Å². The topological polar surface area (TPSA) is 54.0 Å². The number of thiocarbonyl (C=S) groups is 1. The fourth-order valence-corrected chi connectivity index (χ4v) is 4.87. The first-order chi connectivity index (χ1) is 16.0. The average molecular weight is 470 g/mol. The zero-order valence-corrected chi connectivity index (χ0v) is 20.6. The van der Waals surface area contributed by atoms with Gasteiger partial charge in [-0.15, -0.1) is 0 Å². The van der Waals surface area contributed by atoms with E-state index in [9.17, 15) is 4.79 Å². The molecular weight excluding hydrogens is 434 g/mol. The molecular formula is C26H35N3O3S. The van der Waals surface area contributed by atoms with Crippen molar-refractivity contribution >= 4 is 23.1 Å². The molecule has 0 bridgehead atoms. The van der Waals surface area contributed by atoms with Gasteiger partial charge in [-0.3, -0.25) is 9.69 Å². The van der Waals surface area contributed by atoms with Crippen LogP contribution in [0.5, 0.6) is 0 Å². The van der Waals surface area contributed by atoms with Crippen molar-refractivity contribution in [2.24, 2.45) is 0 Å². The van der Waals surface area contributed by atoms with Crippen molar-refractivity contribution in [2.75, 3.05) is 33.9 Å². The van der Waals surface area contributed by atoms with Crippen molar-refractivity contribution < 1.29 is 14.3 Å². The van der Waals surface area contributed by atoms with E-state index in [1.807, 2.05) is 29.2 Å². The van der Waals surface area contributed by atoms with E-state index in [0.29, 0.717) is 18.1 Å². The smallest absolute Gasteiger partial charge is 0.220 e. The summed E-state index contributed by atoms with van der Waals surface area (Å²) in [6, 6.07) is 20.6. The predicted molar refractivity (Wildman–Crippen MR) is 135 cm³/mol. The van der Waals surface area contributed by atoms with Crippen molar-refractivity contribution in [3.8, 4) is 0 Å². The molecule has 2 aromatic rings. The molecule has 33 heavy (non-hydrogen) atoms. The number of carbonyl (C=O) groups excluding carboxylic acids is 1. The van der Waals surface area contributed by atoms with Crippen molar-refractivity contribution in [3.05, 3.63) is 71.8 Å². The van der Waals surface area contributed by atoms with Crippen LogP contribution in [0.3, 0.4) is 0 Å². The number of nitrogens with one attached hydrogen (secondary N) is 1. The minimum absolute atomic E-state index is 0.0227. The zero-order chi connectivity index (χ0) is 23.7. The number of ether oxygens (including phenoxy) is 2. The van der Waals surface area contributed by atoms with E-state index in [1.165, 1.54) is 5.56 Å². The lowest BCUT2D eigenvalue weighted by Crippen LogP contribution is -2.64. The van der Waals surface area contributed by atoms with Gasteiger partial charge in [-0.25, -0.2) is 0 Å². The second-order valence-corrected chi connectivity index (χ2v) is 8.90. The summed E-state index contributed by atoms with van der Waals surface area (Å²) in [6.07, 6.45) is 1.13. The third-order valence-electron chi connectivity index (χ3n) is 6.39. The van der Waals surface area contributed by atoms with Crippen LogP contribution in [0, 0.1) is 0 Å². The van der Waals surface area contributed by atoms with Gasteiger partial charge in [-0.2, -0.15) is 0 Å². The van der Waals surface area contributed by atoms with Gasteiger partial charge in [0.15, 0.2) is 6.29 Å². The normalized spacial score (nSPS) is 15.9. The molecule has 1 saturated heterocycles. The summed E-state index contributed by atoms with van der Waals surface area (Å²) in [6.45, 7) is 5.19. The molecule has 0 atom stereocenters. The first-order valence-corrected chi connectivity index (χ1v) is 11.8. The number of piperidine rings is 1. The molecule has 0 spiro atoms. The molecule has 0 radical (unpaired) electrons. The Kier molecular flexibility index (Phi) is 9.38. The fourth-order valence-electron chi connectivity index (χ4n) is 4.48. The van der Waals surface area contributed by atoms with Gasteiger partial charge < -0.3 is 19.7 Å². The third kappa shape index (κ3) is 6.60. The highest BCUT2D eigenvalue weighted by atomic mass is 32.1. The lowest BCUT2D eigenvalue weighted by atomic mass is 9.84. The Bertz CT molecular complexity index is 882. The van der Waals surface area contributed by atoms with Crippen LogP contribution in [-0.4, -0.2) is 66.4 Å². The summed E-state index contributed by atoms with van der Waals surface area (Å²) >= 11 is 5.95. The van der Waals surface area contributed by atoms with Crippen LogP contribution < -0.4 is 5.32 Å². The molecule has 0 aliphatic carbocycles. The van der Waals surface area contributed by atoms with Crippen molar-refractivity contribution in [1.82, 2.24) is 15.1 Å². The average Bonchev–Trinajstić information content (AvgIpc) is 2.85. The molecule has 6 nitrogen and oxygen atoms in total. The Balaban J connectivity index is 1.81. The van der Waals surface area contributed by atoms with Crippen LogP contribution in [0.25, 0.3) is 0 Å². The molecule has 1 fully saturated rings. The minimum atomic E-state index is -0.559. The summed E-state index contributed by atoms with van der Waals surface area (Å²) in [5.74, 6) is 0.0227. The predicted octanol–water partition coefficient (Wildman–Crippen LogP) is 3.61. The zero-order valence-electron chi connectivity index (χ0n) is 19.8. The molecule has 1 aliphatic heterocycles. The van der Waals surface area contributed by atoms with Crippen molar-refractivity contribution in [2.45, 2.75) is 44.7 Å². The van der Waals surface area contributed by atoms with E-state index < -0.39 is 11.8 Å². The SMILES string of the molecule is COC(CNC(=S)C1(N(Cc2ccccc2)C(C)=O)CCN(Cc2ccccc2)CC1)OC. The van der Waals surface area contributed by atoms with E-state index in [2.05, 4.69) is 46.6 Å². The second-order valence-electron chi connectivity index (χ2n) is 8.50. The van der Waals surface area contributed by atoms with Gasteiger partial charge in [-0.05, 0) is 24.0 Å². The first kappa shape index (κ1) is 25.3. The van der Waals surface area contributed by atoms with Crippen LogP contribution in [0.4, 0.5) is 0 Å². The summed E-state index contributed by atoms with van der Waals surface area (Å²) < 4.78 is 10.6. The van der Waals surface area contributed by atoms with Gasteiger partial charge in [0.25, 0.3) is 0 Å². The summed E-state index contributed by atoms with van der Waals surface area (Å²) in [7, 11) is 3.21. The number of carbonyl (C=O) groups is 1. The third-order valence-corrected chi connectivity index (χ3v) is 6.91. The van der Waals surface area contributed by atoms with Gasteiger partial charge in [0.2, 0.25) is 5.91 Å². The van der Waals surface area contributed by atoms with E-state index in [-0.39, 0.29) is 5.91 Å². The Morgan fingerprint density at radius 1 is 1.03 bits per heavy atom. The highest BCUT2D eigenvalue weighted by molar-refractivity contribution is 7.80. The molecule has 0 aromatic heterocycles. The fraction of sp³-hybridized carbons (Fsp3) is 0.462. The number of rotatable bonds is 10. The van der Waals surface area contributed by atoms with Crippen molar-refractivity contribution in [1.29, 1.82) is 0 Å². The van der Waals surface area contributed by atoms with Crippen LogP contribution in [0.2, 0.25) is 0 Å². The van der Waals surface area contributed by atoms with E-state index >= 15 is 0 Å². The molecule has 1 heterocycles. The molecule has 178 valence electrons. The van der Waals surface area contributed by atoms with Gasteiger partial charge in [0.1, 0.15) is 4.99 Å². The van der Waals surface area contributed by atoms with Gasteiger partial charge in [-0.1, -0.05) is 72.9 Å². The number of hydrogen-bond donors (Lipinski definition) is 1. The Morgan fingerprint density at radius 3 is 2.09 bits per heavy atom. The van der Waals surface area contributed by atoms with Crippen molar-refractivity contribution in [3.63, 3.8) is 0 Å². The highest BCUT2D eigenvalue weighted by Gasteiger charge is 2.45. The quantitative estimate of drug-likeness (QED) is 0.424. The largest absolute Gasteiger partial charge is 0.373 e. The summed E-state index contributed by atoms with van der Waals surface area (Å²) in [5.41, 5.74) is 1.82. The number of methoxy groups -OCH3 is 2. The van der Waals surface area contributed by atoms with Gasteiger partial charge >= 0.3 is 0 Å². The Morgan fingerprint density at radius 2 is 1.58 bits per heavy atom. The lowest BCUT2D eigenvalue weighted by Gasteiger charge is -2.49. The molecule has 1 aliphatic rings. The maximum Gasteiger partial charge on any atom is 0.220 e. The van der Waals surface area contributed by atoms with Crippen LogP contribution in [0.15, 0.2) is 60.7 Å². The molecule has 1 amide bonds. The highest BCUT2D eigenvalue weighted by Crippen LogP contribution is 2.33. The Hall–Kier alpha value is -2.32. The number of likely N-dealkylation sites (tertiary alicyclic amines) is 1. The monoisotopic (exact) mass is 469 g/mol. The van der Waals surface area contributed by atoms with E-state index in [1.54, 1.807) is 21.1 Å². The number of hydrogen-bond acceptors (Lipinski definition) is 5. The van der Waals surface area contributed by atoms with E-state index in [4.69, 9.17) is 21.7 Å². The number of amides is 1. The first-order valence-electron chi connectivity index (χ1n) is 11.4. The lowest BCUT2D eigenvalue weighted by molar-refractivity contribution is -0.135. The minimum Gasteiger partial charge on any atom is -0.373 e. The van der Waals surface area contributed by atoms with Gasteiger partial charge in [0, 0.05) is 47.3 Å².